The molecule has 1 aromatic rings. The monoisotopic (exact) mass is 299 g/mol. The lowest BCUT2D eigenvalue weighted by molar-refractivity contribution is 0.0547. The van der Waals surface area contributed by atoms with Crippen molar-refractivity contribution in [3.63, 3.8) is 0 Å². The molecule has 0 saturated carbocycles. The minimum absolute atomic E-state index is 0.0622. The van der Waals surface area contributed by atoms with Crippen LogP contribution in [0, 0.1) is 0 Å². The van der Waals surface area contributed by atoms with E-state index < -0.39 is 5.60 Å². The van der Waals surface area contributed by atoms with Crippen LogP contribution in [0.25, 0.3) is 0 Å². The van der Waals surface area contributed by atoms with E-state index in [9.17, 15) is 9.59 Å². The van der Waals surface area contributed by atoms with Gasteiger partial charge in [0.05, 0.1) is 13.1 Å². The number of likely N-dealkylation sites (N-methyl/N-ethyl adjacent to an activating group) is 1. The lowest BCUT2D eigenvalue weighted by atomic mass is 10.0. The summed E-state index contributed by atoms with van der Waals surface area (Å²) in [6.07, 6.45) is 0.272. The molecule has 1 unspecified atom stereocenters. The normalized spacial score (nSPS) is 25.6. The highest BCUT2D eigenvalue weighted by atomic mass is 35.5. The lowest BCUT2D eigenvalue weighted by Crippen LogP contribution is -2.39. The van der Waals surface area contributed by atoms with Gasteiger partial charge in [0.1, 0.15) is 0 Å². The van der Waals surface area contributed by atoms with Gasteiger partial charge < -0.3 is 14.5 Å². The number of rotatable bonds is 1. The van der Waals surface area contributed by atoms with Gasteiger partial charge in [-0.15, -0.1) is 5.10 Å². The molecular formula is C11H14ClN5O3. The number of aryl methyl sites for hydroxylation is 1. The minimum Gasteiger partial charge on any atom is -0.439 e. The SMILES string of the molecule is CN1CC2(CCN(C(=O)c3nc(Cl)n(C)n3)C2)OC1=O. The predicted octanol–water partition coefficient (Wildman–Crippen LogP) is 0.135. The summed E-state index contributed by atoms with van der Waals surface area (Å²) < 4.78 is 6.73. The van der Waals surface area contributed by atoms with Crippen LogP contribution < -0.4 is 0 Å². The maximum absolute atomic E-state index is 12.3. The zero-order valence-electron chi connectivity index (χ0n) is 11.2. The summed E-state index contributed by atoms with van der Waals surface area (Å²) >= 11 is 5.78. The topological polar surface area (TPSA) is 80.6 Å². The number of hydrogen-bond donors (Lipinski definition) is 0. The van der Waals surface area contributed by atoms with Crippen molar-refractivity contribution < 1.29 is 14.3 Å². The summed E-state index contributed by atoms with van der Waals surface area (Å²) in [6, 6.07) is 0. The summed E-state index contributed by atoms with van der Waals surface area (Å²) in [5.41, 5.74) is -0.597. The first-order valence-electron chi connectivity index (χ1n) is 6.20. The Morgan fingerprint density at radius 1 is 1.40 bits per heavy atom. The molecule has 3 heterocycles. The number of likely N-dealkylation sites (tertiary alicyclic amines) is 1. The molecule has 20 heavy (non-hydrogen) atoms. The third-order valence-corrected chi connectivity index (χ3v) is 3.97. The molecule has 3 rings (SSSR count). The van der Waals surface area contributed by atoms with Gasteiger partial charge in [0, 0.05) is 27.1 Å². The van der Waals surface area contributed by atoms with Gasteiger partial charge >= 0.3 is 6.09 Å². The Bertz CT molecular complexity index is 569. The molecule has 0 radical (unpaired) electrons. The van der Waals surface area contributed by atoms with Gasteiger partial charge in [-0.05, 0) is 11.6 Å². The maximum Gasteiger partial charge on any atom is 0.410 e. The van der Waals surface area contributed by atoms with Crippen LogP contribution in [0.5, 0.6) is 0 Å². The number of hydrogen-bond acceptors (Lipinski definition) is 5. The molecule has 1 atom stereocenters. The summed E-state index contributed by atoms with van der Waals surface area (Å²) in [4.78, 5) is 30.8. The molecule has 2 aliphatic rings. The van der Waals surface area contributed by atoms with Crippen LogP contribution in [0.1, 0.15) is 17.0 Å². The molecule has 2 fully saturated rings. The number of nitrogens with zero attached hydrogens (tertiary/aromatic N) is 5. The van der Waals surface area contributed by atoms with Gasteiger partial charge in [0.25, 0.3) is 5.91 Å². The fourth-order valence-corrected chi connectivity index (χ4v) is 2.74. The molecule has 2 aliphatic heterocycles. The first kappa shape index (κ1) is 13.2. The van der Waals surface area contributed by atoms with E-state index in [2.05, 4.69) is 10.1 Å². The quantitative estimate of drug-likeness (QED) is 0.736. The van der Waals surface area contributed by atoms with Gasteiger partial charge in [0.15, 0.2) is 5.60 Å². The van der Waals surface area contributed by atoms with Crippen LogP contribution in [-0.2, 0) is 11.8 Å². The fourth-order valence-electron chi connectivity index (χ4n) is 2.62. The zero-order valence-corrected chi connectivity index (χ0v) is 11.9. The summed E-state index contributed by atoms with van der Waals surface area (Å²) in [6.45, 7) is 1.36. The molecule has 2 amide bonds. The van der Waals surface area contributed by atoms with Crippen LogP contribution >= 0.6 is 11.6 Å². The van der Waals surface area contributed by atoms with Crippen molar-refractivity contribution in [1.29, 1.82) is 0 Å². The summed E-state index contributed by atoms with van der Waals surface area (Å²) in [7, 11) is 3.30. The first-order valence-corrected chi connectivity index (χ1v) is 6.58. The van der Waals surface area contributed by atoms with Gasteiger partial charge in [-0.1, -0.05) is 0 Å². The molecule has 0 bridgehead atoms. The van der Waals surface area contributed by atoms with E-state index in [0.717, 1.165) is 0 Å². The van der Waals surface area contributed by atoms with Crippen molar-refractivity contribution in [2.24, 2.45) is 7.05 Å². The van der Waals surface area contributed by atoms with E-state index in [1.165, 1.54) is 9.58 Å². The Balaban J connectivity index is 1.74. The predicted molar refractivity (Wildman–Crippen MR) is 68.4 cm³/mol. The van der Waals surface area contributed by atoms with Crippen molar-refractivity contribution in [2.75, 3.05) is 26.7 Å². The van der Waals surface area contributed by atoms with Crippen LogP contribution in [0.2, 0.25) is 5.28 Å². The van der Waals surface area contributed by atoms with Crippen molar-refractivity contribution in [1.82, 2.24) is 24.6 Å². The molecule has 0 aromatic carbocycles. The van der Waals surface area contributed by atoms with Crippen LogP contribution in [0.15, 0.2) is 0 Å². The molecule has 0 aliphatic carbocycles. The largest absolute Gasteiger partial charge is 0.439 e. The number of halogens is 1. The van der Waals surface area contributed by atoms with E-state index in [0.29, 0.717) is 26.1 Å². The number of amides is 2. The third kappa shape index (κ3) is 2.00. The number of carbonyl (C=O) groups excluding carboxylic acids is 2. The van der Waals surface area contributed by atoms with Crippen LogP contribution in [-0.4, -0.2) is 68.8 Å². The van der Waals surface area contributed by atoms with Crippen molar-refractivity contribution >= 4 is 23.6 Å². The van der Waals surface area contributed by atoms with Gasteiger partial charge in [-0.25, -0.2) is 9.48 Å². The molecular weight excluding hydrogens is 286 g/mol. The molecule has 1 aromatic heterocycles. The van der Waals surface area contributed by atoms with Crippen molar-refractivity contribution in [2.45, 2.75) is 12.0 Å². The van der Waals surface area contributed by atoms with Gasteiger partial charge in [-0.2, -0.15) is 4.98 Å². The smallest absolute Gasteiger partial charge is 0.410 e. The van der Waals surface area contributed by atoms with Crippen LogP contribution in [0.4, 0.5) is 4.79 Å². The Kier molecular flexibility index (Phi) is 2.86. The summed E-state index contributed by atoms with van der Waals surface area (Å²) in [5, 5.41) is 4.13. The number of ether oxygens (including phenoxy) is 1. The van der Waals surface area contributed by atoms with Gasteiger partial charge in [-0.3, -0.25) is 4.79 Å². The molecule has 9 heteroatoms. The van der Waals surface area contributed by atoms with Crippen LogP contribution in [0.3, 0.4) is 0 Å². The van der Waals surface area contributed by atoms with E-state index >= 15 is 0 Å². The van der Waals surface area contributed by atoms with Crippen molar-refractivity contribution in [3.05, 3.63) is 11.1 Å². The van der Waals surface area contributed by atoms with Gasteiger partial charge in [0.2, 0.25) is 11.1 Å². The second kappa shape index (κ2) is 4.34. The summed E-state index contributed by atoms with van der Waals surface area (Å²) in [5.74, 6) is -0.234. The highest BCUT2D eigenvalue weighted by Crippen LogP contribution is 2.32. The number of aromatic nitrogens is 3. The van der Waals surface area contributed by atoms with Crippen molar-refractivity contribution in [3.8, 4) is 0 Å². The third-order valence-electron chi connectivity index (χ3n) is 3.65. The Morgan fingerprint density at radius 2 is 2.15 bits per heavy atom. The Labute approximate surface area is 120 Å². The van der Waals surface area contributed by atoms with E-state index in [4.69, 9.17) is 16.3 Å². The zero-order chi connectivity index (χ0) is 14.5. The highest BCUT2D eigenvalue weighted by Gasteiger charge is 2.50. The molecule has 8 nitrogen and oxygen atoms in total. The van der Waals surface area contributed by atoms with E-state index in [-0.39, 0.29) is 23.1 Å². The van der Waals surface area contributed by atoms with E-state index in [1.54, 1.807) is 19.0 Å². The maximum atomic E-state index is 12.3. The second-order valence-electron chi connectivity index (χ2n) is 5.21. The Hall–Kier alpha value is -1.83. The molecule has 1 spiro atoms. The fraction of sp³-hybridized carbons (Fsp3) is 0.636. The minimum atomic E-state index is -0.597. The average Bonchev–Trinajstić information content (AvgIpc) is 3.01. The average molecular weight is 300 g/mol. The molecule has 2 saturated heterocycles. The molecule has 108 valence electrons. The number of carbonyl (C=O) groups is 2. The first-order chi connectivity index (χ1) is 9.40. The molecule has 0 N–H and O–H groups in total. The lowest BCUT2D eigenvalue weighted by Gasteiger charge is -2.20. The van der Waals surface area contributed by atoms with E-state index in [1.807, 2.05) is 0 Å². The second-order valence-corrected chi connectivity index (χ2v) is 5.55. The Morgan fingerprint density at radius 3 is 2.70 bits per heavy atom. The standard InChI is InChI=1S/C11H14ClN5O3/c1-15-5-11(20-10(15)19)3-4-17(6-11)8(18)7-13-9(12)16(2)14-7/h3-6H2,1-2H3. The highest BCUT2D eigenvalue weighted by molar-refractivity contribution is 6.28.